The van der Waals surface area contributed by atoms with Crippen LogP contribution < -0.4 is 4.74 Å². The van der Waals surface area contributed by atoms with E-state index in [1.54, 1.807) is 25.1 Å². The number of thioether (sulfide) groups is 1. The molecule has 0 fully saturated rings. The van der Waals surface area contributed by atoms with Crippen LogP contribution in [0.4, 0.5) is 10.1 Å². The number of benzene rings is 2. The first-order valence-corrected chi connectivity index (χ1v) is 9.46. The molecule has 0 saturated heterocycles. The zero-order valence-corrected chi connectivity index (χ0v) is 16.5. The molecular formula is C21H18FNO5S. The smallest absolute Gasteiger partial charge is 0.344 e. The first-order chi connectivity index (χ1) is 13.9. The molecule has 1 heterocycles. The molecule has 1 aliphatic heterocycles. The number of hydrogen-bond acceptors (Lipinski definition) is 7. The molecule has 0 aliphatic carbocycles. The molecule has 2 aromatic carbocycles. The Bertz CT molecular complexity index is 1030. The van der Waals surface area contributed by atoms with Gasteiger partial charge in [-0.2, -0.15) is 0 Å². The molecule has 1 aliphatic rings. The van der Waals surface area contributed by atoms with Crippen molar-refractivity contribution in [3.8, 4) is 11.5 Å². The minimum atomic E-state index is -0.709. The maximum atomic E-state index is 13.1. The number of methoxy groups -OCH3 is 1. The Morgan fingerprint density at radius 1 is 1.21 bits per heavy atom. The van der Waals surface area contributed by atoms with Gasteiger partial charge in [-0.3, -0.25) is 0 Å². The summed E-state index contributed by atoms with van der Waals surface area (Å²) in [4.78, 5) is 17.1. The summed E-state index contributed by atoms with van der Waals surface area (Å²) in [7, 11) is 1.44. The van der Waals surface area contributed by atoms with E-state index in [9.17, 15) is 19.4 Å². The molecule has 0 radical (unpaired) electrons. The summed E-state index contributed by atoms with van der Waals surface area (Å²) in [5, 5.41) is 20.8. The van der Waals surface area contributed by atoms with Crippen LogP contribution in [0, 0.1) is 5.82 Å². The minimum absolute atomic E-state index is 0.0564. The number of aliphatic imine (C=N–C) groups is 1. The lowest BCUT2D eigenvalue weighted by Gasteiger charge is -2.04. The van der Waals surface area contributed by atoms with Crippen molar-refractivity contribution in [1.29, 1.82) is 0 Å². The van der Waals surface area contributed by atoms with Gasteiger partial charge in [-0.25, -0.2) is 14.2 Å². The maximum absolute atomic E-state index is 13.1. The van der Waals surface area contributed by atoms with Crippen LogP contribution in [0.1, 0.15) is 12.5 Å². The number of halogens is 1. The highest BCUT2D eigenvalue weighted by Crippen LogP contribution is 2.40. The summed E-state index contributed by atoms with van der Waals surface area (Å²) in [6.45, 7) is 1.79. The van der Waals surface area contributed by atoms with Gasteiger partial charge in [0.1, 0.15) is 22.2 Å². The average Bonchev–Trinajstić information content (AvgIpc) is 2.99. The number of aliphatic hydroxyl groups excluding tert-OH is 1. The van der Waals surface area contributed by atoms with Crippen molar-refractivity contribution in [3.05, 3.63) is 70.1 Å². The first-order valence-electron chi connectivity index (χ1n) is 8.64. The molecule has 0 amide bonds. The Hall–Kier alpha value is -3.26. The van der Waals surface area contributed by atoms with Crippen molar-refractivity contribution in [1.82, 2.24) is 0 Å². The van der Waals surface area contributed by atoms with Crippen molar-refractivity contribution >= 4 is 34.5 Å². The second-order valence-corrected chi connectivity index (χ2v) is 6.91. The molecule has 29 heavy (non-hydrogen) atoms. The van der Waals surface area contributed by atoms with Gasteiger partial charge in [0.25, 0.3) is 0 Å². The normalized spacial score (nSPS) is 16.5. The predicted octanol–water partition coefficient (Wildman–Crippen LogP) is 4.73. The molecule has 8 heteroatoms. The van der Waals surface area contributed by atoms with Gasteiger partial charge >= 0.3 is 5.97 Å². The summed E-state index contributed by atoms with van der Waals surface area (Å²) in [5.41, 5.74) is 0.945. The van der Waals surface area contributed by atoms with Gasteiger partial charge in [-0.05, 0) is 55.0 Å². The fraction of sp³-hybridized carbons (Fsp3) is 0.143. The Kier molecular flexibility index (Phi) is 6.23. The number of rotatable bonds is 5. The third-order valence-electron chi connectivity index (χ3n) is 3.93. The zero-order chi connectivity index (χ0) is 21.0. The number of esters is 1. The Labute approximate surface area is 171 Å². The number of carbonyl (C=O) groups is 1. The number of hydrogen-bond donors (Lipinski definition) is 2. The van der Waals surface area contributed by atoms with E-state index >= 15 is 0 Å². The Morgan fingerprint density at radius 3 is 2.55 bits per heavy atom. The van der Waals surface area contributed by atoms with Crippen LogP contribution in [-0.4, -0.2) is 34.9 Å². The third kappa shape index (κ3) is 4.60. The van der Waals surface area contributed by atoms with E-state index in [-0.39, 0.29) is 28.7 Å². The monoisotopic (exact) mass is 415 g/mol. The quantitative estimate of drug-likeness (QED) is 0.686. The summed E-state index contributed by atoms with van der Waals surface area (Å²) >= 11 is 1.07. The van der Waals surface area contributed by atoms with Crippen LogP contribution in [0.2, 0.25) is 0 Å². The molecule has 150 valence electrons. The molecule has 0 atom stereocenters. The van der Waals surface area contributed by atoms with Gasteiger partial charge in [0, 0.05) is 0 Å². The zero-order valence-electron chi connectivity index (χ0n) is 15.7. The van der Waals surface area contributed by atoms with Gasteiger partial charge in [0.15, 0.2) is 11.5 Å². The van der Waals surface area contributed by atoms with E-state index in [4.69, 9.17) is 9.47 Å². The summed E-state index contributed by atoms with van der Waals surface area (Å²) in [6.07, 6.45) is 1.60. The topological polar surface area (TPSA) is 88.4 Å². The minimum Gasteiger partial charge on any atom is -0.506 e. The average molecular weight is 415 g/mol. The molecule has 0 unspecified atom stereocenters. The number of aromatic hydroxyl groups is 1. The lowest BCUT2D eigenvalue weighted by Crippen LogP contribution is -2.12. The van der Waals surface area contributed by atoms with Crippen LogP contribution in [0.25, 0.3) is 6.08 Å². The van der Waals surface area contributed by atoms with E-state index in [1.807, 2.05) is 0 Å². The molecular weight excluding hydrogens is 397 g/mol. The van der Waals surface area contributed by atoms with Crippen molar-refractivity contribution < 1.29 is 28.9 Å². The van der Waals surface area contributed by atoms with Crippen LogP contribution in [-0.2, 0) is 9.53 Å². The van der Waals surface area contributed by atoms with E-state index in [0.29, 0.717) is 21.9 Å². The molecule has 3 rings (SSSR count). The summed E-state index contributed by atoms with van der Waals surface area (Å²) in [5.74, 6) is -1.13. The van der Waals surface area contributed by atoms with Crippen LogP contribution >= 0.6 is 11.8 Å². The molecule has 2 N–H and O–H groups in total. The summed E-state index contributed by atoms with van der Waals surface area (Å²) in [6, 6.07) is 10.2. The van der Waals surface area contributed by atoms with Crippen molar-refractivity contribution in [2.75, 3.05) is 13.7 Å². The SMILES string of the molecule is CCOC(=O)C1=C(O)/C(=C\c2ccc(OC)c(O)c2)SC1=Nc1ccc(F)cc1. The predicted molar refractivity (Wildman–Crippen MR) is 110 cm³/mol. The fourth-order valence-electron chi connectivity index (χ4n) is 2.57. The van der Waals surface area contributed by atoms with Gasteiger partial charge in [0.05, 0.1) is 24.3 Å². The lowest BCUT2D eigenvalue weighted by atomic mass is 10.1. The maximum Gasteiger partial charge on any atom is 0.344 e. The highest BCUT2D eigenvalue weighted by atomic mass is 32.2. The molecule has 2 aromatic rings. The van der Waals surface area contributed by atoms with Crippen molar-refractivity contribution in [3.63, 3.8) is 0 Å². The first kappa shape index (κ1) is 20.5. The third-order valence-corrected chi connectivity index (χ3v) is 4.95. The van der Waals surface area contributed by atoms with E-state index in [1.165, 1.54) is 37.4 Å². The Balaban J connectivity index is 2.02. The standard InChI is InChI=1S/C21H18FNO5S/c1-3-28-21(26)18-19(25)17(11-12-4-9-16(27-2)15(24)10-12)29-20(18)23-14-7-5-13(22)6-8-14/h4-11,24-25H,3H2,1-2H3/b17-11+,23-20?. The fourth-order valence-corrected chi connectivity index (χ4v) is 3.61. The van der Waals surface area contributed by atoms with E-state index in [2.05, 4.69) is 4.99 Å². The van der Waals surface area contributed by atoms with Crippen LogP contribution in [0.3, 0.4) is 0 Å². The van der Waals surface area contributed by atoms with Gasteiger partial charge in [0.2, 0.25) is 0 Å². The second kappa shape index (κ2) is 8.83. The number of aliphatic hydroxyl groups is 1. The van der Waals surface area contributed by atoms with E-state index < -0.39 is 11.8 Å². The molecule has 6 nitrogen and oxygen atoms in total. The summed E-state index contributed by atoms with van der Waals surface area (Å²) < 4.78 is 23.2. The Morgan fingerprint density at radius 2 is 1.93 bits per heavy atom. The lowest BCUT2D eigenvalue weighted by molar-refractivity contribution is -0.138. The molecule has 0 aromatic heterocycles. The van der Waals surface area contributed by atoms with Gasteiger partial charge in [-0.15, -0.1) is 0 Å². The number of carbonyl (C=O) groups excluding carboxylic acids is 1. The van der Waals surface area contributed by atoms with Crippen LogP contribution in [0.15, 0.2) is 63.7 Å². The van der Waals surface area contributed by atoms with Gasteiger partial charge in [-0.1, -0.05) is 17.8 Å². The van der Waals surface area contributed by atoms with Crippen molar-refractivity contribution in [2.45, 2.75) is 6.92 Å². The second-order valence-electron chi connectivity index (χ2n) is 5.88. The number of ether oxygens (including phenoxy) is 2. The molecule has 0 bridgehead atoms. The molecule has 0 saturated carbocycles. The van der Waals surface area contributed by atoms with Crippen LogP contribution in [0.5, 0.6) is 11.5 Å². The highest BCUT2D eigenvalue weighted by Gasteiger charge is 2.33. The van der Waals surface area contributed by atoms with Gasteiger partial charge < -0.3 is 19.7 Å². The highest BCUT2D eigenvalue weighted by molar-refractivity contribution is 8.18. The number of nitrogens with zero attached hydrogens (tertiary/aromatic N) is 1. The largest absolute Gasteiger partial charge is 0.506 e. The number of phenolic OH excluding ortho intramolecular Hbond substituents is 1. The molecule has 0 spiro atoms. The van der Waals surface area contributed by atoms with Crippen molar-refractivity contribution in [2.24, 2.45) is 4.99 Å². The van der Waals surface area contributed by atoms with E-state index in [0.717, 1.165) is 11.8 Å². The number of phenols is 1.